The number of imidazole rings is 1. The molecule has 2 aromatic heterocycles. The zero-order valence-corrected chi connectivity index (χ0v) is 8.72. The maximum absolute atomic E-state index is 5.49. The summed E-state index contributed by atoms with van der Waals surface area (Å²) < 4.78 is 1.98. The molecule has 0 aliphatic heterocycles. The minimum absolute atomic E-state index is 0.624. The molecule has 4 heteroatoms. The Kier molecular flexibility index (Phi) is 2.78. The van der Waals surface area contributed by atoms with Gasteiger partial charge < -0.3 is 10.3 Å². The predicted molar refractivity (Wildman–Crippen MR) is 59.2 cm³/mol. The molecule has 0 bridgehead atoms. The number of aryl methyl sites for hydroxylation is 1. The Hall–Kier alpha value is -1.68. The van der Waals surface area contributed by atoms with Gasteiger partial charge in [0.05, 0.1) is 5.69 Å². The third-order valence-corrected chi connectivity index (χ3v) is 2.22. The molecule has 0 saturated carbocycles. The lowest BCUT2D eigenvalue weighted by Crippen LogP contribution is -2.02. The van der Waals surface area contributed by atoms with Crippen LogP contribution in [0.2, 0.25) is 0 Å². The van der Waals surface area contributed by atoms with Gasteiger partial charge in [-0.25, -0.2) is 4.98 Å². The van der Waals surface area contributed by atoms with E-state index >= 15 is 0 Å². The largest absolute Gasteiger partial charge is 0.332 e. The Bertz CT molecular complexity index is 433. The second-order valence-corrected chi connectivity index (χ2v) is 3.42. The van der Waals surface area contributed by atoms with E-state index in [2.05, 4.69) is 9.97 Å². The van der Waals surface area contributed by atoms with Crippen LogP contribution in [0.4, 0.5) is 0 Å². The van der Waals surface area contributed by atoms with Gasteiger partial charge in [0.25, 0.3) is 0 Å². The van der Waals surface area contributed by atoms with Gasteiger partial charge in [0, 0.05) is 25.9 Å². The normalized spacial score (nSPS) is 10.5. The zero-order chi connectivity index (χ0) is 10.7. The monoisotopic (exact) mass is 202 g/mol. The van der Waals surface area contributed by atoms with E-state index in [0.29, 0.717) is 6.54 Å². The molecule has 0 radical (unpaired) electrons. The first-order chi connectivity index (χ1) is 7.31. The Morgan fingerprint density at radius 3 is 2.93 bits per heavy atom. The molecule has 2 heterocycles. The van der Waals surface area contributed by atoms with Gasteiger partial charge in [-0.05, 0) is 18.7 Å². The SMILES string of the molecule is Cn1cc(CCN)nc1-c1ccccn1. The molecule has 0 atom stereocenters. The standard InChI is InChI=1S/C11H14N4/c1-15-8-9(5-6-12)14-11(15)10-4-2-3-7-13-10/h2-4,7-8H,5-6,12H2,1H3. The van der Waals surface area contributed by atoms with Crippen molar-refractivity contribution in [3.8, 4) is 11.5 Å². The van der Waals surface area contributed by atoms with Gasteiger partial charge in [-0.1, -0.05) is 6.07 Å². The number of aromatic nitrogens is 3. The van der Waals surface area contributed by atoms with Gasteiger partial charge in [-0.3, -0.25) is 4.98 Å². The second kappa shape index (κ2) is 4.23. The number of hydrogen-bond acceptors (Lipinski definition) is 3. The third-order valence-electron chi connectivity index (χ3n) is 2.22. The molecule has 15 heavy (non-hydrogen) atoms. The summed E-state index contributed by atoms with van der Waals surface area (Å²) >= 11 is 0. The van der Waals surface area contributed by atoms with Crippen LogP contribution in [0.3, 0.4) is 0 Å². The molecular formula is C11H14N4. The Morgan fingerprint density at radius 1 is 1.40 bits per heavy atom. The molecule has 0 spiro atoms. The molecule has 2 aromatic rings. The molecule has 4 nitrogen and oxygen atoms in total. The fourth-order valence-corrected chi connectivity index (χ4v) is 1.53. The van der Waals surface area contributed by atoms with Crippen LogP contribution >= 0.6 is 0 Å². The number of rotatable bonds is 3. The lowest BCUT2D eigenvalue weighted by atomic mass is 10.3. The second-order valence-electron chi connectivity index (χ2n) is 3.42. The van der Waals surface area contributed by atoms with E-state index in [0.717, 1.165) is 23.6 Å². The summed E-state index contributed by atoms with van der Waals surface area (Å²) in [4.78, 5) is 8.76. The number of pyridine rings is 1. The summed E-state index contributed by atoms with van der Waals surface area (Å²) in [5.74, 6) is 0.888. The minimum Gasteiger partial charge on any atom is -0.332 e. The zero-order valence-electron chi connectivity index (χ0n) is 8.72. The lowest BCUT2D eigenvalue weighted by molar-refractivity contribution is 0.909. The number of nitrogens with zero attached hydrogens (tertiary/aromatic N) is 3. The molecule has 0 saturated heterocycles. The molecule has 0 fully saturated rings. The van der Waals surface area contributed by atoms with Crippen molar-refractivity contribution in [2.75, 3.05) is 6.54 Å². The predicted octanol–water partition coefficient (Wildman–Crippen LogP) is 0.983. The highest BCUT2D eigenvalue weighted by Gasteiger charge is 2.07. The summed E-state index contributed by atoms with van der Waals surface area (Å²) in [7, 11) is 1.97. The highest BCUT2D eigenvalue weighted by atomic mass is 15.1. The fraction of sp³-hybridized carbons (Fsp3) is 0.273. The van der Waals surface area contributed by atoms with E-state index in [-0.39, 0.29) is 0 Å². The van der Waals surface area contributed by atoms with E-state index in [1.165, 1.54) is 0 Å². The smallest absolute Gasteiger partial charge is 0.158 e. The van der Waals surface area contributed by atoms with Crippen molar-refractivity contribution >= 4 is 0 Å². The van der Waals surface area contributed by atoms with Gasteiger partial charge in [0.15, 0.2) is 5.82 Å². The van der Waals surface area contributed by atoms with Crippen LogP contribution in [0.5, 0.6) is 0 Å². The quantitative estimate of drug-likeness (QED) is 0.807. The van der Waals surface area contributed by atoms with Crippen molar-refractivity contribution < 1.29 is 0 Å². The van der Waals surface area contributed by atoms with Crippen LogP contribution in [0.1, 0.15) is 5.69 Å². The van der Waals surface area contributed by atoms with Gasteiger partial charge in [0.1, 0.15) is 5.69 Å². The summed E-state index contributed by atoms with van der Waals surface area (Å²) in [6.07, 6.45) is 4.57. The van der Waals surface area contributed by atoms with E-state index in [4.69, 9.17) is 5.73 Å². The molecule has 2 N–H and O–H groups in total. The Balaban J connectivity index is 2.36. The van der Waals surface area contributed by atoms with Crippen molar-refractivity contribution in [1.29, 1.82) is 0 Å². The highest BCUT2D eigenvalue weighted by molar-refractivity contribution is 5.49. The van der Waals surface area contributed by atoms with Gasteiger partial charge in [0.2, 0.25) is 0 Å². The van der Waals surface area contributed by atoms with Crippen LogP contribution in [0, 0.1) is 0 Å². The summed E-state index contributed by atoms with van der Waals surface area (Å²) in [5.41, 5.74) is 7.40. The van der Waals surface area contributed by atoms with E-state index in [9.17, 15) is 0 Å². The summed E-state index contributed by atoms with van der Waals surface area (Å²) in [6.45, 7) is 0.624. The lowest BCUT2D eigenvalue weighted by Gasteiger charge is -1.98. The van der Waals surface area contributed by atoms with Crippen LogP contribution < -0.4 is 5.73 Å². The average Bonchev–Trinajstić information content (AvgIpc) is 2.61. The first kappa shape index (κ1) is 9.86. The average molecular weight is 202 g/mol. The van der Waals surface area contributed by atoms with Crippen molar-refractivity contribution in [3.63, 3.8) is 0 Å². The molecule has 0 aromatic carbocycles. The summed E-state index contributed by atoms with van der Waals surface area (Å²) in [5, 5.41) is 0. The van der Waals surface area contributed by atoms with Crippen molar-refractivity contribution in [1.82, 2.24) is 14.5 Å². The van der Waals surface area contributed by atoms with E-state index in [1.807, 2.05) is 36.0 Å². The maximum atomic E-state index is 5.49. The van der Waals surface area contributed by atoms with Gasteiger partial charge in [-0.2, -0.15) is 0 Å². The summed E-state index contributed by atoms with van der Waals surface area (Å²) in [6, 6.07) is 5.81. The van der Waals surface area contributed by atoms with Gasteiger partial charge >= 0.3 is 0 Å². The third kappa shape index (κ3) is 2.05. The molecule has 0 amide bonds. The van der Waals surface area contributed by atoms with Crippen LogP contribution in [-0.2, 0) is 13.5 Å². The molecule has 0 unspecified atom stereocenters. The number of nitrogens with two attached hydrogens (primary N) is 1. The molecule has 78 valence electrons. The first-order valence-corrected chi connectivity index (χ1v) is 4.95. The van der Waals surface area contributed by atoms with Crippen LogP contribution in [0.15, 0.2) is 30.6 Å². The Labute approximate surface area is 88.8 Å². The van der Waals surface area contributed by atoms with Gasteiger partial charge in [-0.15, -0.1) is 0 Å². The highest BCUT2D eigenvalue weighted by Crippen LogP contribution is 2.14. The minimum atomic E-state index is 0.624. The molecular weight excluding hydrogens is 188 g/mol. The number of hydrogen-bond donors (Lipinski definition) is 1. The van der Waals surface area contributed by atoms with Crippen LogP contribution in [-0.4, -0.2) is 21.1 Å². The fourth-order valence-electron chi connectivity index (χ4n) is 1.53. The Morgan fingerprint density at radius 2 is 2.27 bits per heavy atom. The van der Waals surface area contributed by atoms with Crippen molar-refractivity contribution in [3.05, 3.63) is 36.3 Å². The molecule has 0 aliphatic carbocycles. The maximum Gasteiger partial charge on any atom is 0.158 e. The van der Waals surface area contributed by atoms with Crippen molar-refractivity contribution in [2.45, 2.75) is 6.42 Å². The first-order valence-electron chi connectivity index (χ1n) is 4.95. The topological polar surface area (TPSA) is 56.7 Å². The van der Waals surface area contributed by atoms with Crippen molar-refractivity contribution in [2.24, 2.45) is 12.8 Å². The van der Waals surface area contributed by atoms with Crippen LogP contribution in [0.25, 0.3) is 11.5 Å². The molecule has 2 rings (SSSR count). The van der Waals surface area contributed by atoms with E-state index < -0.39 is 0 Å². The molecule has 0 aliphatic rings. The van der Waals surface area contributed by atoms with E-state index in [1.54, 1.807) is 6.20 Å².